The van der Waals surface area contributed by atoms with Crippen molar-refractivity contribution in [2.45, 2.75) is 26.0 Å². The summed E-state index contributed by atoms with van der Waals surface area (Å²) in [7, 11) is 1.46. The second-order valence-corrected chi connectivity index (χ2v) is 4.05. The average molecular weight is 266 g/mol. The monoisotopic (exact) mass is 266 g/mol. The van der Waals surface area contributed by atoms with Crippen LogP contribution in [0, 0.1) is 6.92 Å². The fourth-order valence-corrected chi connectivity index (χ4v) is 1.71. The van der Waals surface area contributed by atoms with Gasteiger partial charge >= 0.3 is 5.97 Å². The van der Waals surface area contributed by atoms with Gasteiger partial charge in [0.05, 0.1) is 30.8 Å². The molecule has 0 spiro atoms. The highest BCUT2D eigenvalue weighted by atomic mass is 16.5. The van der Waals surface area contributed by atoms with Crippen molar-refractivity contribution in [1.29, 1.82) is 0 Å². The number of nitrogens with zero attached hydrogens (tertiary/aromatic N) is 5. The fourth-order valence-electron chi connectivity index (χ4n) is 1.71. The number of carboxylic acids is 1. The Bertz CT molecular complexity index is 563. The molecule has 2 aromatic heterocycles. The van der Waals surface area contributed by atoms with Crippen molar-refractivity contribution >= 4 is 5.97 Å². The number of methoxy groups -OCH3 is 1. The molecular weight excluding hydrogens is 252 g/mol. The number of H-pyrrole nitrogens is 1. The Labute approximate surface area is 108 Å². The summed E-state index contributed by atoms with van der Waals surface area (Å²) in [6.07, 6.45) is 1.02. The van der Waals surface area contributed by atoms with Crippen molar-refractivity contribution < 1.29 is 14.6 Å². The van der Waals surface area contributed by atoms with Crippen LogP contribution in [0.1, 0.15) is 12.1 Å². The second-order valence-electron chi connectivity index (χ2n) is 4.05. The van der Waals surface area contributed by atoms with E-state index in [-0.39, 0.29) is 13.0 Å². The number of aliphatic carboxylic acids is 1. The highest BCUT2D eigenvalue weighted by Gasteiger charge is 2.18. The molecule has 19 heavy (non-hydrogen) atoms. The summed E-state index contributed by atoms with van der Waals surface area (Å²) < 4.78 is 6.63. The van der Waals surface area contributed by atoms with Crippen LogP contribution < -0.4 is 0 Å². The smallest absolute Gasteiger partial charge is 0.306 e. The van der Waals surface area contributed by atoms with Crippen molar-refractivity contribution in [2.75, 3.05) is 7.11 Å². The number of tetrazole rings is 1. The first kappa shape index (κ1) is 13.1. The van der Waals surface area contributed by atoms with Gasteiger partial charge in [0.25, 0.3) is 0 Å². The van der Waals surface area contributed by atoms with E-state index in [9.17, 15) is 4.79 Å². The van der Waals surface area contributed by atoms with Gasteiger partial charge < -0.3 is 9.84 Å². The third kappa shape index (κ3) is 2.94. The second kappa shape index (κ2) is 5.57. The van der Waals surface area contributed by atoms with Gasteiger partial charge in [-0.05, 0) is 17.4 Å². The quantitative estimate of drug-likeness (QED) is 0.746. The normalized spacial score (nSPS) is 12.5. The van der Waals surface area contributed by atoms with Crippen LogP contribution in [0.2, 0.25) is 0 Å². The van der Waals surface area contributed by atoms with E-state index in [0.29, 0.717) is 5.82 Å². The highest BCUT2D eigenvalue weighted by molar-refractivity contribution is 5.67. The van der Waals surface area contributed by atoms with Gasteiger partial charge in [0.15, 0.2) is 5.82 Å². The van der Waals surface area contributed by atoms with Gasteiger partial charge in [0.1, 0.15) is 0 Å². The SMILES string of the molecule is COC(CC(=O)O)Cn1nnnc1-c1cn[nH]c1C. The molecule has 9 nitrogen and oxygen atoms in total. The Morgan fingerprint density at radius 3 is 3.00 bits per heavy atom. The number of rotatable bonds is 6. The summed E-state index contributed by atoms with van der Waals surface area (Å²) in [5, 5.41) is 26.9. The van der Waals surface area contributed by atoms with Crippen molar-refractivity contribution in [3.8, 4) is 11.4 Å². The Hall–Kier alpha value is -2.29. The first-order valence-electron chi connectivity index (χ1n) is 5.63. The molecule has 0 aromatic carbocycles. The summed E-state index contributed by atoms with van der Waals surface area (Å²) in [6.45, 7) is 2.11. The first-order chi connectivity index (χ1) is 9.11. The number of carboxylic acid groups (broad SMARTS) is 1. The van der Waals surface area contributed by atoms with Crippen molar-refractivity contribution in [1.82, 2.24) is 30.4 Å². The van der Waals surface area contributed by atoms with Gasteiger partial charge in [0, 0.05) is 12.8 Å². The summed E-state index contributed by atoms with van der Waals surface area (Å²) in [5.41, 5.74) is 1.61. The number of nitrogens with one attached hydrogen (secondary N) is 1. The lowest BCUT2D eigenvalue weighted by molar-refractivity contribution is -0.139. The standard InChI is InChI=1S/C10H14N6O3/c1-6-8(4-11-12-6)10-13-14-15-16(10)5-7(19-2)3-9(17)18/h4,7H,3,5H2,1-2H3,(H,11,12)(H,17,18). The van der Waals surface area contributed by atoms with Crippen LogP contribution in [0.5, 0.6) is 0 Å². The minimum Gasteiger partial charge on any atom is -0.481 e. The number of hydrogen-bond acceptors (Lipinski definition) is 6. The van der Waals surface area contributed by atoms with E-state index in [4.69, 9.17) is 9.84 Å². The predicted octanol–water partition coefficient (Wildman–Crippen LogP) is -0.139. The number of carbonyl (C=O) groups is 1. The molecule has 0 bridgehead atoms. The van der Waals surface area contributed by atoms with Gasteiger partial charge in [-0.3, -0.25) is 9.89 Å². The molecule has 1 atom stereocenters. The van der Waals surface area contributed by atoms with Crippen LogP contribution in [0.15, 0.2) is 6.20 Å². The molecule has 0 saturated carbocycles. The van der Waals surface area contributed by atoms with Crippen molar-refractivity contribution in [3.63, 3.8) is 0 Å². The van der Waals surface area contributed by atoms with Crippen LogP contribution in [0.4, 0.5) is 0 Å². The highest BCUT2D eigenvalue weighted by Crippen LogP contribution is 2.18. The van der Waals surface area contributed by atoms with Crippen molar-refractivity contribution in [3.05, 3.63) is 11.9 Å². The van der Waals surface area contributed by atoms with E-state index in [0.717, 1.165) is 11.3 Å². The van der Waals surface area contributed by atoms with Crippen molar-refractivity contribution in [2.24, 2.45) is 0 Å². The number of hydrogen-bond donors (Lipinski definition) is 2. The Morgan fingerprint density at radius 2 is 2.42 bits per heavy atom. The van der Waals surface area contributed by atoms with Crippen LogP contribution in [0.3, 0.4) is 0 Å². The van der Waals surface area contributed by atoms with Gasteiger partial charge in [-0.15, -0.1) is 5.10 Å². The van der Waals surface area contributed by atoms with Gasteiger partial charge in [0.2, 0.25) is 0 Å². The Balaban J connectivity index is 2.20. The van der Waals surface area contributed by atoms with Gasteiger partial charge in [-0.2, -0.15) is 5.10 Å². The minimum atomic E-state index is -0.930. The topological polar surface area (TPSA) is 119 Å². The zero-order chi connectivity index (χ0) is 13.8. The van der Waals surface area contributed by atoms with Gasteiger partial charge in [-0.25, -0.2) is 4.68 Å². The van der Waals surface area contributed by atoms with Gasteiger partial charge in [-0.1, -0.05) is 0 Å². The van der Waals surface area contributed by atoms with E-state index in [1.165, 1.54) is 11.8 Å². The maximum atomic E-state index is 10.7. The van der Waals surface area contributed by atoms with E-state index in [1.54, 1.807) is 6.20 Å². The maximum absolute atomic E-state index is 10.7. The molecule has 102 valence electrons. The zero-order valence-electron chi connectivity index (χ0n) is 10.6. The molecular formula is C10H14N6O3. The molecule has 0 aliphatic heterocycles. The minimum absolute atomic E-state index is 0.111. The van der Waals surface area contributed by atoms with Crippen LogP contribution >= 0.6 is 0 Å². The lowest BCUT2D eigenvalue weighted by Gasteiger charge is -2.13. The summed E-state index contributed by atoms with van der Waals surface area (Å²) in [6, 6.07) is 0. The number of aryl methyl sites for hydroxylation is 1. The molecule has 1 unspecified atom stereocenters. The molecule has 2 rings (SSSR count). The number of aromatic amines is 1. The molecule has 0 saturated heterocycles. The van der Waals surface area contributed by atoms with E-state index < -0.39 is 12.1 Å². The van der Waals surface area contributed by atoms with E-state index in [2.05, 4.69) is 25.7 Å². The van der Waals surface area contributed by atoms with E-state index >= 15 is 0 Å². The molecule has 2 N–H and O–H groups in total. The average Bonchev–Trinajstić information content (AvgIpc) is 2.96. The molecule has 0 aliphatic carbocycles. The lowest BCUT2D eigenvalue weighted by atomic mass is 10.2. The maximum Gasteiger partial charge on any atom is 0.306 e. The Morgan fingerprint density at radius 1 is 1.63 bits per heavy atom. The molecule has 0 radical (unpaired) electrons. The summed E-state index contributed by atoms with van der Waals surface area (Å²) >= 11 is 0. The number of ether oxygens (including phenoxy) is 1. The third-order valence-corrected chi connectivity index (χ3v) is 2.71. The zero-order valence-corrected chi connectivity index (χ0v) is 10.6. The lowest BCUT2D eigenvalue weighted by Crippen LogP contribution is -2.23. The summed E-state index contributed by atoms with van der Waals surface area (Å²) in [4.78, 5) is 10.7. The van der Waals surface area contributed by atoms with E-state index in [1.807, 2.05) is 6.92 Å². The molecule has 0 aliphatic rings. The molecule has 0 fully saturated rings. The molecule has 2 aromatic rings. The third-order valence-electron chi connectivity index (χ3n) is 2.71. The van der Waals surface area contributed by atoms with Crippen LogP contribution in [-0.4, -0.2) is 54.7 Å². The molecule has 2 heterocycles. The largest absolute Gasteiger partial charge is 0.481 e. The molecule has 0 amide bonds. The molecule has 9 heteroatoms. The fraction of sp³-hybridized carbons (Fsp3) is 0.500. The van der Waals surface area contributed by atoms with Crippen LogP contribution in [0.25, 0.3) is 11.4 Å². The van der Waals surface area contributed by atoms with Crippen LogP contribution in [-0.2, 0) is 16.1 Å². The summed E-state index contributed by atoms with van der Waals surface area (Å²) in [5.74, 6) is -0.403. The predicted molar refractivity (Wildman–Crippen MR) is 63.2 cm³/mol. The Kier molecular flexibility index (Phi) is 3.85. The first-order valence-corrected chi connectivity index (χ1v) is 5.63. The number of aromatic nitrogens is 6.